The van der Waals surface area contributed by atoms with E-state index in [1.54, 1.807) is 0 Å². The molecule has 19 heteroatoms. The minimum absolute atomic E-state index is 0.102. The lowest BCUT2D eigenvalue weighted by Gasteiger charge is -2.21. The quantitative estimate of drug-likeness (QED) is 0.0222. The van der Waals surface area contributed by atoms with Crippen LogP contribution in [0, 0.1) is 23.7 Å². The summed E-state index contributed by atoms with van der Waals surface area (Å²) in [5.74, 6) is 0.893. The summed E-state index contributed by atoms with van der Waals surface area (Å²) in [6, 6.07) is 0. The number of aliphatic hydroxyl groups is 1. The summed E-state index contributed by atoms with van der Waals surface area (Å²) in [7, 11) is -9.91. The zero-order chi connectivity index (χ0) is 71.7. The predicted molar refractivity (Wildman–Crippen MR) is 395 cm³/mol. The molecule has 0 spiro atoms. The summed E-state index contributed by atoms with van der Waals surface area (Å²) in [5, 5.41) is 10.6. The SMILES string of the molecule is CCC(C)CCCCCCCCC(=O)OC[C@H](COP(=O)(O)OC[C@H](O)COP(=O)(O)OC[C@@H](COC(=O)CCCCCCCCCCCCCCCCCCCCC(C)C)OC(=O)CCCCCCCCC(C)C)OC(=O)CCCCCCCCCCCCCCCCC(C)C. The van der Waals surface area contributed by atoms with Crippen molar-refractivity contribution in [2.24, 2.45) is 23.7 Å². The van der Waals surface area contributed by atoms with Gasteiger partial charge < -0.3 is 33.8 Å². The molecule has 0 aliphatic carbocycles. The molecule has 0 saturated heterocycles. The second kappa shape index (κ2) is 67.2. The number of carbonyl (C=O) groups is 4. The second-order valence-electron chi connectivity index (χ2n) is 29.8. The maximum Gasteiger partial charge on any atom is 0.472 e. The van der Waals surface area contributed by atoms with E-state index in [9.17, 15) is 43.2 Å². The maximum absolute atomic E-state index is 13.1. The molecule has 6 atom stereocenters. The van der Waals surface area contributed by atoms with Crippen LogP contribution in [-0.4, -0.2) is 96.7 Å². The molecule has 0 bridgehead atoms. The predicted octanol–water partition coefficient (Wildman–Crippen LogP) is 22.8. The fraction of sp³-hybridized carbons (Fsp3) is 0.949. The van der Waals surface area contributed by atoms with Crippen molar-refractivity contribution < 1.29 is 80.2 Å². The van der Waals surface area contributed by atoms with E-state index in [0.29, 0.717) is 31.6 Å². The minimum atomic E-state index is -4.96. The Morgan fingerprint density at radius 2 is 0.495 bits per heavy atom. The average Bonchev–Trinajstić information content (AvgIpc) is 3.01. The lowest BCUT2D eigenvalue weighted by Crippen LogP contribution is -2.30. The summed E-state index contributed by atoms with van der Waals surface area (Å²) in [6.07, 6.45) is 53.1. The van der Waals surface area contributed by atoms with Crippen LogP contribution >= 0.6 is 15.6 Å². The van der Waals surface area contributed by atoms with Gasteiger partial charge >= 0.3 is 39.5 Å². The monoisotopic (exact) mass is 1420 g/mol. The number of hydrogen-bond acceptors (Lipinski definition) is 15. The van der Waals surface area contributed by atoms with Crippen LogP contribution in [-0.2, 0) is 65.4 Å². The Hall–Kier alpha value is -1.94. The third kappa shape index (κ3) is 70.9. The van der Waals surface area contributed by atoms with Crippen LogP contribution in [0.25, 0.3) is 0 Å². The smallest absolute Gasteiger partial charge is 0.462 e. The van der Waals surface area contributed by atoms with Crippen molar-refractivity contribution in [1.82, 2.24) is 0 Å². The van der Waals surface area contributed by atoms with E-state index in [2.05, 4.69) is 55.4 Å². The highest BCUT2D eigenvalue weighted by Crippen LogP contribution is 2.45. The number of carbonyl (C=O) groups excluding carboxylic acids is 4. The topological polar surface area (TPSA) is 237 Å². The van der Waals surface area contributed by atoms with E-state index >= 15 is 0 Å². The molecule has 0 fully saturated rings. The van der Waals surface area contributed by atoms with Crippen molar-refractivity contribution >= 4 is 39.5 Å². The van der Waals surface area contributed by atoms with E-state index in [-0.39, 0.29) is 25.7 Å². The Bertz CT molecular complexity index is 1900. The zero-order valence-electron chi connectivity index (χ0n) is 63.7. The number of esters is 4. The summed E-state index contributed by atoms with van der Waals surface area (Å²) >= 11 is 0. The van der Waals surface area contributed by atoms with Crippen molar-refractivity contribution in [3.05, 3.63) is 0 Å². The standard InChI is InChI=1S/C78H152O17P2/c1-9-71(8)57-49-41-35-37-43-51-59-76(81)89-65-73(94-77(82)60-52-44-33-29-25-21-17-16-19-23-27-31-39-47-55-69(4)5)66-92-96(84,85)90-62-72(79)63-91-97(86,87)93-67-74(95-78(83)61-53-45-36-34-40-48-56-70(6)7)64-88-75(80)58-50-42-32-28-24-20-15-13-11-10-12-14-18-22-26-30-38-46-54-68(2)3/h68-74,79H,9-67H2,1-8H3,(H,84,85)(H,86,87)/t71?,72-,73+,74+/m0/s1. The number of phosphoric ester groups is 2. The van der Waals surface area contributed by atoms with E-state index in [1.165, 1.54) is 193 Å². The minimum Gasteiger partial charge on any atom is -0.462 e. The molecule has 0 aliphatic heterocycles. The van der Waals surface area contributed by atoms with Crippen molar-refractivity contribution in [2.45, 2.75) is 414 Å². The van der Waals surface area contributed by atoms with Gasteiger partial charge in [0.2, 0.25) is 0 Å². The highest BCUT2D eigenvalue weighted by Gasteiger charge is 2.30. The molecule has 97 heavy (non-hydrogen) atoms. The number of rotatable bonds is 75. The van der Waals surface area contributed by atoms with Gasteiger partial charge in [0.1, 0.15) is 19.3 Å². The van der Waals surface area contributed by atoms with Crippen LogP contribution < -0.4 is 0 Å². The van der Waals surface area contributed by atoms with Crippen molar-refractivity contribution in [2.75, 3.05) is 39.6 Å². The molecule has 0 aliphatic rings. The lowest BCUT2D eigenvalue weighted by atomic mass is 10.00. The Morgan fingerprint density at radius 1 is 0.289 bits per heavy atom. The zero-order valence-corrected chi connectivity index (χ0v) is 65.5. The summed E-state index contributed by atoms with van der Waals surface area (Å²) in [4.78, 5) is 72.8. The summed E-state index contributed by atoms with van der Waals surface area (Å²) in [6.45, 7) is 14.1. The molecule has 0 heterocycles. The first-order valence-corrected chi connectivity index (χ1v) is 43.2. The van der Waals surface area contributed by atoms with E-state index < -0.39 is 97.5 Å². The first kappa shape index (κ1) is 95.1. The average molecular weight is 1420 g/mol. The molecule has 3 N–H and O–H groups in total. The molecule has 0 rings (SSSR count). The molecule has 0 amide bonds. The van der Waals surface area contributed by atoms with Gasteiger partial charge in [-0.15, -0.1) is 0 Å². The van der Waals surface area contributed by atoms with Gasteiger partial charge in [-0.1, -0.05) is 344 Å². The van der Waals surface area contributed by atoms with Crippen LogP contribution in [0.5, 0.6) is 0 Å². The van der Waals surface area contributed by atoms with Crippen molar-refractivity contribution in [3.63, 3.8) is 0 Å². The number of unbranched alkanes of at least 4 members (excludes halogenated alkanes) is 40. The van der Waals surface area contributed by atoms with Crippen LogP contribution in [0.3, 0.4) is 0 Å². The van der Waals surface area contributed by atoms with Gasteiger partial charge in [0.05, 0.1) is 26.4 Å². The molecule has 0 aromatic heterocycles. The van der Waals surface area contributed by atoms with Gasteiger partial charge in [-0.05, 0) is 49.4 Å². The molecule has 0 aromatic carbocycles. The second-order valence-corrected chi connectivity index (χ2v) is 32.7. The van der Waals surface area contributed by atoms with Gasteiger partial charge in [0.25, 0.3) is 0 Å². The summed E-state index contributed by atoms with van der Waals surface area (Å²) in [5.41, 5.74) is 0. The van der Waals surface area contributed by atoms with Gasteiger partial charge in [-0.3, -0.25) is 37.3 Å². The number of aliphatic hydroxyl groups excluding tert-OH is 1. The fourth-order valence-corrected chi connectivity index (χ4v) is 13.5. The van der Waals surface area contributed by atoms with Crippen molar-refractivity contribution in [3.8, 4) is 0 Å². The largest absolute Gasteiger partial charge is 0.472 e. The van der Waals surface area contributed by atoms with Gasteiger partial charge in [0.15, 0.2) is 12.2 Å². The Balaban J connectivity index is 5.12. The van der Waals surface area contributed by atoms with Gasteiger partial charge in [-0.25, -0.2) is 9.13 Å². The molecule has 17 nitrogen and oxygen atoms in total. The molecule has 0 saturated carbocycles. The highest BCUT2D eigenvalue weighted by atomic mass is 31.2. The number of hydrogen-bond donors (Lipinski definition) is 3. The molecular weight excluding hydrogens is 1270 g/mol. The van der Waals surface area contributed by atoms with Crippen LogP contribution in [0.15, 0.2) is 0 Å². The van der Waals surface area contributed by atoms with Gasteiger partial charge in [-0.2, -0.15) is 0 Å². The third-order valence-electron chi connectivity index (χ3n) is 18.4. The molecule has 0 radical (unpaired) electrons. The first-order chi connectivity index (χ1) is 46.6. The Labute approximate surface area is 594 Å². The normalized spacial score (nSPS) is 14.4. The first-order valence-electron chi connectivity index (χ1n) is 40.2. The maximum atomic E-state index is 13.1. The summed E-state index contributed by atoms with van der Waals surface area (Å²) < 4.78 is 68.5. The van der Waals surface area contributed by atoms with Crippen LogP contribution in [0.1, 0.15) is 396 Å². The van der Waals surface area contributed by atoms with Crippen LogP contribution in [0.4, 0.5) is 0 Å². The highest BCUT2D eigenvalue weighted by molar-refractivity contribution is 7.47. The van der Waals surface area contributed by atoms with Gasteiger partial charge in [0, 0.05) is 25.7 Å². The Morgan fingerprint density at radius 3 is 0.732 bits per heavy atom. The van der Waals surface area contributed by atoms with E-state index in [4.69, 9.17) is 37.0 Å². The van der Waals surface area contributed by atoms with Crippen molar-refractivity contribution in [1.29, 1.82) is 0 Å². The molecule has 576 valence electrons. The molecule has 3 unspecified atom stereocenters. The fourth-order valence-electron chi connectivity index (χ4n) is 11.9. The lowest BCUT2D eigenvalue weighted by molar-refractivity contribution is -0.161. The number of ether oxygens (including phenoxy) is 4. The molecule has 0 aromatic rings. The third-order valence-corrected chi connectivity index (χ3v) is 20.3. The van der Waals surface area contributed by atoms with E-state index in [1.807, 2.05) is 0 Å². The van der Waals surface area contributed by atoms with Crippen LogP contribution in [0.2, 0.25) is 0 Å². The van der Waals surface area contributed by atoms with E-state index in [0.717, 1.165) is 114 Å². The Kier molecular flexibility index (Phi) is 65.9. The molecular formula is C78H152O17P2. The number of phosphoric acid groups is 2.